The maximum Gasteiger partial charge on any atom is 0.264 e. The molecular formula is C29H29N3O5S2. The van der Waals surface area contributed by atoms with Gasteiger partial charge in [-0.15, -0.1) is 0 Å². The van der Waals surface area contributed by atoms with Crippen molar-refractivity contribution in [3.05, 3.63) is 114 Å². The molecule has 0 aliphatic rings. The van der Waals surface area contributed by atoms with Crippen molar-refractivity contribution in [1.29, 1.82) is 0 Å². The summed E-state index contributed by atoms with van der Waals surface area (Å²) in [4.78, 5) is 13.1. The number of benzene rings is 4. The highest BCUT2D eigenvalue weighted by atomic mass is 32.2. The van der Waals surface area contributed by atoms with Gasteiger partial charge in [-0.3, -0.25) is 13.8 Å². The zero-order chi connectivity index (χ0) is 28.2. The largest absolute Gasteiger partial charge is 0.325 e. The zero-order valence-electron chi connectivity index (χ0n) is 21.7. The average molecular weight is 564 g/mol. The summed E-state index contributed by atoms with van der Waals surface area (Å²) in [5, 5.41) is 2.67. The SMILES string of the molecule is Cc1cccc(N(CC(=O)Nc2ccc(S(=O)(=O)Nc3c(C)cccc3C)cc2)S(=O)(=O)c2ccccc2)c1. The van der Waals surface area contributed by atoms with Crippen molar-refractivity contribution in [2.75, 3.05) is 20.9 Å². The predicted molar refractivity (Wildman–Crippen MR) is 154 cm³/mol. The number of hydrogen-bond donors (Lipinski definition) is 2. The van der Waals surface area contributed by atoms with Gasteiger partial charge in [-0.05, 0) is 86.0 Å². The number of sulfonamides is 2. The molecule has 0 radical (unpaired) electrons. The van der Waals surface area contributed by atoms with E-state index in [2.05, 4.69) is 10.0 Å². The number of para-hydroxylation sites is 1. The molecule has 39 heavy (non-hydrogen) atoms. The first-order valence-electron chi connectivity index (χ1n) is 12.1. The van der Waals surface area contributed by atoms with E-state index in [1.54, 1.807) is 36.4 Å². The normalized spacial score (nSPS) is 11.6. The van der Waals surface area contributed by atoms with Gasteiger partial charge in [-0.2, -0.15) is 0 Å². The minimum Gasteiger partial charge on any atom is -0.325 e. The molecule has 0 aromatic heterocycles. The van der Waals surface area contributed by atoms with E-state index in [0.717, 1.165) is 21.0 Å². The van der Waals surface area contributed by atoms with E-state index < -0.39 is 32.5 Å². The summed E-state index contributed by atoms with van der Waals surface area (Å²) in [5.74, 6) is -0.583. The molecule has 0 saturated carbocycles. The summed E-state index contributed by atoms with van der Waals surface area (Å²) in [7, 11) is -7.90. The molecular weight excluding hydrogens is 534 g/mol. The summed E-state index contributed by atoms with van der Waals surface area (Å²) in [6.07, 6.45) is 0. The lowest BCUT2D eigenvalue weighted by molar-refractivity contribution is -0.114. The predicted octanol–water partition coefficient (Wildman–Crippen LogP) is 5.25. The van der Waals surface area contributed by atoms with Crippen molar-refractivity contribution >= 4 is 43.0 Å². The zero-order valence-corrected chi connectivity index (χ0v) is 23.4. The van der Waals surface area contributed by atoms with Crippen LogP contribution in [0.25, 0.3) is 0 Å². The smallest absolute Gasteiger partial charge is 0.264 e. The molecule has 4 aromatic carbocycles. The molecule has 8 nitrogen and oxygen atoms in total. The van der Waals surface area contributed by atoms with E-state index >= 15 is 0 Å². The summed E-state index contributed by atoms with van der Waals surface area (Å²) in [6, 6.07) is 25.9. The number of rotatable bonds is 9. The fourth-order valence-corrected chi connectivity index (χ4v) is 6.67. The summed E-state index contributed by atoms with van der Waals surface area (Å²) >= 11 is 0. The Balaban J connectivity index is 1.54. The molecule has 0 spiro atoms. The number of carbonyl (C=O) groups is 1. The van der Waals surface area contributed by atoms with Crippen LogP contribution >= 0.6 is 0 Å². The second-order valence-electron chi connectivity index (χ2n) is 9.11. The van der Waals surface area contributed by atoms with Gasteiger partial charge in [0.1, 0.15) is 6.54 Å². The molecule has 10 heteroatoms. The molecule has 1 amide bonds. The number of anilines is 3. The van der Waals surface area contributed by atoms with E-state index in [0.29, 0.717) is 17.1 Å². The Morgan fingerprint density at radius 2 is 1.33 bits per heavy atom. The van der Waals surface area contributed by atoms with Crippen LogP contribution in [0.4, 0.5) is 17.1 Å². The highest BCUT2D eigenvalue weighted by Crippen LogP contribution is 2.26. The molecule has 0 aliphatic heterocycles. The molecule has 0 aliphatic carbocycles. The van der Waals surface area contributed by atoms with Gasteiger partial charge in [0.2, 0.25) is 5.91 Å². The minimum absolute atomic E-state index is 0.0243. The number of amides is 1. The Labute approximate surface area is 229 Å². The van der Waals surface area contributed by atoms with Gasteiger partial charge in [0.05, 0.1) is 21.2 Å². The van der Waals surface area contributed by atoms with Gasteiger partial charge in [-0.25, -0.2) is 16.8 Å². The van der Waals surface area contributed by atoms with Crippen molar-refractivity contribution in [2.24, 2.45) is 0 Å². The van der Waals surface area contributed by atoms with Gasteiger partial charge in [0, 0.05) is 5.69 Å². The molecule has 0 saturated heterocycles. The first-order valence-corrected chi connectivity index (χ1v) is 15.0. The third kappa shape index (κ3) is 6.47. The molecule has 0 fully saturated rings. The third-order valence-electron chi connectivity index (χ3n) is 6.07. The van der Waals surface area contributed by atoms with Crippen LogP contribution < -0.4 is 14.3 Å². The van der Waals surface area contributed by atoms with E-state index in [1.807, 2.05) is 45.0 Å². The van der Waals surface area contributed by atoms with Crippen molar-refractivity contribution in [2.45, 2.75) is 30.6 Å². The maximum atomic E-state index is 13.5. The molecule has 4 aromatic rings. The first-order chi connectivity index (χ1) is 18.5. The second-order valence-corrected chi connectivity index (χ2v) is 12.7. The van der Waals surface area contributed by atoms with Crippen molar-refractivity contribution in [1.82, 2.24) is 0 Å². The van der Waals surface area contributed by atoms with Gasteiger partial charge in [-0.1, -0.05) is 48.5 Å². The Morgan fingerprint density at radius 1 is 0.718 bits per heavy atom. The number of carbonyl (C=O) groups excluding carboxylic acids is 1. The summed E-state index contributed by atoms with van der Waals surface area (Å²) in [6.45, 7) is 5.00. The van der Waals surface area contributed by atoms with E-state index in [9.17, 15) is 21.6 Å². The Kier molecular flexibility index (Phi) is 8.08. The standard InChI is InChI=1S/C29H29N3O5S2/c1-21-9-7-12-25(19-21)32(39(36,37)27-13-5-4-6-14-27)20-28(33)30-24-15-17-26(18-16-24)38(34,35)31-29-22(2)10-8-11-23(29)3/h4-19,31H,20H2,1-3H3,(H,30,33). The van der Waals surface area contributed by atoms with Gasteiger partial charge >= 0.3 is 0 Å². The average Bonchev–Trinajstić information content (AvgIpc) is 2.90. The van der Waals surface area contributed by atoms with Crippen molar-refractivity contribution in [3.63, 3.8) is 0 Å². The lowest BCUT2D eigenvalue weighted by Gasteiger charge is -2.24. The van der Waals surface area contributed by atoms with Crippen LogP contribution in [-0.2, 0) is 24.8 Å². The summed E-state index contributed by atoms with van der Waals surface area (Å²) in [5.41, 5.74) is 3.63. The Morgan fingerprint density at radius 3 is 1.95 bits per heavy atom. The fraction of sp³-hybridized carbons (Fsp3) is 0.138. The molecule has 4 rings (SSSR count). The van der Waals surface area contributed by atoms with Crippen molar-refractivity contribution < 1.29 is 21.6 Å². The van der Waals surface area contributed by atoms with Gasteiger partial charge in [0.15, 0.2) is 0 Å². The number of aryl methyl sites for hydroxylation is 3. The topological polar surface area (TPSA) is 113 Å². The van der Waals surface area contributed by atoms with Crippen LogP contribution in [0, 0.1) is 20.8 Å². The van der Waals surface area contributed by atoms with Crippen LogP contribution in [0.3, 0.4) is 0 Å². The summed E-state index contributed by atoms with van der Waals surface area (Å²) < 4.78 is 56.5. The number of hydrogen-bond acceptors (Lipinski definition) is 5. The lowest BCUT2D eigenvalue weighted by atomic mass is 10.1. The molecule has 2 N–H and O–H groups in total. The number of nitrogens with zero attached hydrogens (tertiary/aromatic N) is 1. The van der Waals surface area contributed by atoms with Crippen LogP contribution in [-0.4, -0.2) is 29.3 Å². The highest BCUT2D eigenvalue weighted by Gasteiger charge is 2.27. The van der Waals surface area contributed by atoms with Gasteiger partial charge < -0.3 is 5.32 Å². The minimum atomic E-state index is -4.04. The van der Waals surface area contributed by atoms with E-state index in [4.69, 9.17) is 0 Å². The maximum absolute atomic E-state index is 13.5. The van der Waals surface area contributed by atoms with Crippen LogP contribution in [0.5, 0.6) is 0 Å². The molecule has 0 atom stereocenters. The molecule has 202 valence electrons. The van der Waals surface area contributed by atoms with Crippen molar-refractivity contribution in [3.8, 4) is 0 Å². The third-order valence-corrected chi connectivity index (χ3v) is 9.23. The Hall–Kier alpha value is -4.15. The van der Waals surface area contributed by atoms with Crippen LogP contribution in [0.2, 0.25) is 0 Å². The quantitative estimate of drug-likeness (QED) is 0.289. The van der Waals surface area contributed by atoms with E-state index in [1.165, 1.54) is 36.4 Å². The molecule has 0 unspecified atom stereocenters. The molecule has 0 bridgehead atoms. The Bertz CT molecular complexity index is 1680. The number of nitrogens with one attached hydrogen (secondary N) is 2. The van der Waals surface area contributed by atoms with E-state index in [-0.39, 0.29) is 9.79 Å². The second kappa shape index (κ2) is 11.3. The van der Waals surface area contributed by atoms with Crippen LogP contribution in [0.15, 0.2) is 107 Å². The first kappa shape index (κ1) is 27.9. The monoisotopic (exact) mass is 563 g/mol. The van der Waals surface area contributed by atoms with Gasteiger partial charge in [0.25, 0.3) is 20.0 Å². The fourth-order valence-electron chi connectivity index (χ4n) is 4.03. The molecule has 0 heterocycles. The highest BCUT2D eigenvalue weighted by molar-refractivity contribution is 7.93. The lowest BCUT2D eigenvalue weighted by Crippen LogP contribution is -2.38. The van der Waals surface area contributed by atoms with Crippen LogP contribution in [0.1, 0.15) is 16.7 Å².